The number of hydrogen-bond acceptors (Lipinski definition) is 5. The van der Waals surface area contributed by atoms with Gasteiger partial charge in [-0.2, -0.15) is 0 Å². The molecule has 1 amide bonds. The van der Waals surface area contributed by atoms with E-state index in [-0.39, 0.29) is 11.9 Å². The second-order valence-electron chi connectivity index (χ2n) is 7.66. The van der Waals surface area contributed by atoms with E-state index in [1.807, 2.05) is 25.7 Å². The van der Waals surface area contributed by atoms with Crippen molar-refractivity contribution in [3.63, 3.8) is 0 Å². The van der Waals surface area contributed by atoms with Gasteiger partial charge < -0.3 is 10.2 Å². The van der Waals surface area contributed by atoms with E-state index < -0.39 is 0 Å². The molecule has 2 aromatic heterocycles. The lowest BCUT2D eigenvalue weighted by molar-refractivity contribution is 0.0933. The fourth-order valence-electron chi connectivity index (χ4n) is 3.59. The number of fused-ring (bicyclic) bond motifs is 1. The molecule has 0 fully saturated rings. The minimum Gasteiger partial charge on any atom is -0.348 e. The average molecular weight is 387 g/mol. The maximum atomic E-state index is 12.7. The van der Waals surface area contributed by atoms with Crippen LogP contribution in [0.3, 0.4) is 0 Å². The van der Waals surface area contributed by atoms with Crippen molar-refractivity contribution < 1.29 is 4.79 Å². The first-order valence-corrected chi connectivity index (χ1v) is 10.5. The maximum Gasteiger partial charge on any atom is 0.252 e. The summed E-state index contributed by atoms with van der Waals surface area (Å²) in [5, 5.41) is 5.16. The monoisotopic (exact) mass is 386 g/mol. The molecule has 3 heterocycles. The molecule has 0 radical (unpaired) electrons. The fraction of sp³-hybridized carbons (Fsp3) is 0.524. The van der Waals surface area contributed by atoms with Crippen LogP contribution in [0.2, 0.25) is 0 Å². The Labute approximate surface area is 166 Å². The van der Waals surface area contributed by atoms with Crippen molar-refractivity contribution >= 4 is 17.2 Å². The number of carbonyl (C=O) groups is 1. The Bertz CT molecular complexity index is 769. The fourth-order valence-corrected chi connectivity index (χ4v) is 4.71. The van der Waals surface area contributed by atoms with Crippen molar-refractivity contribution in [1.29, 1.82) is 0 Å². The second-order valence-corrected chi connectivity index (χ2v) is 8.62. The van der Waals surface area contributed by atoms with Crippen LogP contribution in [0.15, 0.2) is 23.7 Å². The van der Waals surface area contributed by atoms with Gasteiger partial charge in [-0.05, 0) is 51.1 Å². The molecule has 27 heavy (non-hydrogen) atoms. The predicted molar refractivity (Wildman–Crippen MR) is 111 cm³/mol. The van der Waals surface area contributed by atoms with Crippen LogP contribution in [0.1, 0.15) is 45.9 Å². The minimum atomic E-state index is 0.0621. The Kier molecular flexibility index (Phi) is 6.63. The van der Waals surface area contributed by atoms with Crippen LogP contribution < -0.4 is 5.32 Å². The van der Waals surface area contributed by atoms with Crippen molar-refractivity contribution in [2.24, 2.45) is 0 Å². The highest BCUT2D eigenvalue weighted by atomic mass is 32.1. The molecule has 0 spiro atoms. The summed E-state index contributed by atoms with van der Waals surface area (Å²) < 4.78 is 0. The highest BCUT2D eigenvalue weighted by molar-refractivity contribution is 7.10. The van der Waals surface area contributed by atoms with Crippen LogP contribution >= 0.6 is 11.3 Å². The lowest BCUT2D eigenvalue weighted by Crippen LogP contribution is -2.40. The van der Waals surface area contributed by atoms with E-state index in [1.165, 1.54) is 16.0 Å². The van der Waals surface area contributed by atoms with Gasteiger partial charge in [0.1, 0.15) is 0 Å². The molecule has 0 unspecified atom stereocenters. The molecule has 1 N–H and O–H groups in total. The number of likely N-dealkylation sites (N-methyl/N-ethyl adjacent to an activating group) is 1. The standard InChI is InChI=1S/C21H30N4OS/c1-5-16-6-7-17(22-10-16)12-25-9-8-18-19(14-27-20(18)13-25)21(26)23-15(2)11-24(3)4/h6-7,10,14-15H,5,8-9,11-13H2,1-4H3,(H,23,26)/t15-/m1/s1. The summed E-state index contributed by atoms with van der Waals surface area (Å²) in [6, 6.07) is 4.44. The Hall–Kier alpha value is -1.76. The van der Waals surface area contributed by atoms with Gasteiger partial charge in [-0.1, -0.05) is 13.0 Å². The lowest BCUT2D eigenvalue weighted by atomic mass is 10.0. The average Bonchev–Trinajstić information content (AvgIpc) is 3.05. The summed E-state index contributed by atoms with van der Waals surface area (Å²) in [7, 11) is 4.04. The summed E-state index contributed by atoms with van der Waals surface area (Å²) in [6.45, 7) is 7.77. The van der Waals surface area contributed by atoms with E-state index in [9.17, 15) is 4.79 Å². The summed E-state index contributed by atoms with van der Waals surface area (Å²) in [5.74, 6) is 0.0621. The summed E-state index contributed by atoms with van der Waals surface area (Å²) in [6.07, 6.45) is 3.93. The van der Waals surface area contributed by atoms with E-state index in [1.54, 1.807) is 11.3 Å². The molecule has 6 heteroatoms. The molecule has 3 rings (SSSR count). The Morgan fingerprint density at radius 2 is 2.22 bits per heavy atom. The predicted octanol–water partition coefficient (Wildman–Crippen LogP) is 2.94. The number of thiophene rings is 1. The first-order valence-electron chi connectivity index (χ1n) is 9.67. The molecular weight excluding hydrogens is 356 g/mol. The molecular formula is C21H30N4OS. The number of nitrogens with one attached hydrogen (secondary N) is 1. The number of amides is 1. The third-order valence-electron chi connectivity index (χ3n) is 4.97. The number of hydrogen-bond donors (Lipinski definition) is 1. The summed E-state index contributed by atoms with van der Waals surface area (Å²) in [4.78, 5) is 23.1. The van der Waals surface area contributed by atoms with Crippen LogP contribution in [-0.2, 0) is 25.9 Å². The molecule has 0 aromatic carbocycles. The second kappa shape index (κ2) is 8.95. The van der Waals surface area contributed by atoms with Gasteiger partial charge in [0, 0.05) is 48.7 Å². The van der Waals surface area contributed by atoms with Gasteiger partial charge in [-0.25, -0.2) is 0 Å². The highest BCUT2D eigenvalue weighted by Crippen LogP contribution is 2.29. The molecule has 1 atom stereocenters. The molecule has 0 saturated heterocycles. The molecule has 1 aliphatic rings. The van der Waals surface area contributed by atoms with Gasteiger partial charge in [0.15, 0.2) is 0 Å². The van der Waals surface area contributed by atoms with Crippen molar-refractivity contribution in [2.45, 2.75) is 45.8 Å². The molecule has 1 aliphatic heterocycles. The van der Waals surface area contributed by atoms with Crippen LogP contribution in [-0.4, -0.2) is 53.9 Å². The van der Waals surface area contributed by atoms with E-state index in [4.69, 9.17) is 0 Å². The topological polar surface area (TPSA) is 48.5 Å². The van der Waals surface area contributed by atoms with Crippen molar-refractivity contribution in [2.75, 3.05) is 27.2 Å². The number of pyridine rings is 1. The number of aromatic nitrogens is 1. The number of carbonyl (C=O) groups excluding carboxylic acids is 1. The van der Waals surface area contributed by atoms with Gasteiger partial charge in [0.05, 0.1) is 11.3 Å². The number of nitrogens with zero attached hydrogens (tertiary/aromatic N) is 3. The maximum absolute atomic E-state index is 12.7. The lowest BCUT2D eigenvalue weighted by Gasteiger charge is -2.27. The molecule has 2 aromatic rings. The Morgan fingerprint density at radius 1 is 1.41 bits per heavy atom. The van der Waals surface area contributed by atoms with Gasteiger partial charge in [0.25, 0.3) is 5.91 Å². The van der Waals surface area contributed by atoms with Gasteiger partial charge >= 0.3 is 0 Å². The highest BCUT2D eigenvalue weighted by Gasteiger charge is 2.24. The minimum absolute atomic E-state index is 0.0621. The van der Waals surface area contributed by atoms with Crippen molar-refractivity contribution in [3.05, 3.63) is 51.0 Å². The molecule has 0 bridgehead atoms. The van der Waals surface area contributed by atoms with Gasteiger partial charge in [-0.3, -0.25) is 14.7 Å². The van der Waals surface area contributed by atoms with Crippen LogP contribution in [0.5, 0.6) is 0 Å². The molecule has 5 nitrogen and oxygen atoms in total. The van der Waals surface area contributed by atoms with Gasteiger partial charge in [0.2, 0.25) is 0 Å². The van der Waals surface area contributed by atoms with Crippen molar-refractivity contribution in [1.82, 2.24) is 20.1 Å². The van der Waals surface area contributed by atoms with Crippen LogP contribution in [0.25, 0.3) is 0 Å². The number of rotatable bonds is 7. The van der Waals surface area contributed by atoms with E-state index in [0.717, 1.165) is 50.3 Å². The van der Waals surface area contributed by atoms with Gasteiger partial charge in [-0.15, -0.1) is 11.3 Å². The smallest absolute Gasteiger partial charge is 0.252 e. The van der Waals surface area contributed by atoms with E-state index >= 15 is 0 Å². The third-order valence-corrected chi connectivity index (χ3v) is 5.98. The van der Waals surface area contributed by atoms with E-state index in [0.29, 0.717) is 0 Å². The first kappa shape index (κ1) is 20.0. The summed E-state index contributed by atoms with van der Waals surface area (Å²) >= 11 is 1.71. The number of aryl methyl sites for hydroxylation is 1. The molecule has 0 saturated carbocycles. The zero-order chi connectivity index (χ0) is 19.4. The first-order chi connectivity index (χ1) is 13.0. The quantitative estimate of drug-likeness (QED) is 0.795. The largest absolute Gasteiger partial charge is 0.348 e. The summed E-state index contributed by atoms with van der Waals surface area (Å²) in [5.41, 5.74) is 4.49. The van der Waals surface area contributed by atoms with Crippen molar-refractivity contribution in [3.8, 4) is 0 Å². The van der Waals surface area contributed by atoms with E-state index in [2.05, 4.69) is 46.1 Å². The third kappa shape index (κ3) is 5.15. The van der Waals surface area contributed by atoms with Crippen LogP contribution in [0, 0.1) is 0 Å². The molecule has 146 valence electrons. The normalized spacial score (nSPS) is 15.6. The SMILES string of the molecule is CCc1ccc(CN2CCc3c(C(=O)N[C@H](C)CN(C)C)csc3C2)nc1. The Morgan fingerprint density at radius 3 is 2.89 bits per heavy atom. The molecule has 0 aliphatic carbocycles. The Balaban J connectivity index is 1.61. The van der Waals surface area contributed by atoms with Crippen LogP contribution in [0.4, 0.5) is 0 Å². The zero-order valence-corrected chi connectivity index (χ0v) is 17.6. The zero-order valence-electron chi connectivity index (χ0n) is 16.8.